The van der Waals surface area contributed by atoms with Crippen LogP contribution in [-0.2, 0) is 16.4 Å². The molecular weight excluding hydrogens is 249 g/mol. The third-order valence-electron chi connectivity index (χ3n) is 3.34. The van der Waals surface area contributed by atoms with Gasteiger partial charge < -0.3 is 10.2 Å². The molecule has 0 saturated heterocycles. The van der Waals surface area contributed by atoms with Gasteiger partial charge >= 0.3 is 12.1 Å². The average molecular weight is 260 g/mol. The van der Waals surface area contributed by atoms with E-state index in [0.717, 1.165) is 12.1 Å². The molecule has 0 amide bonds. The maximum absolute atomic E-state index is 12.4. The normalized spacial score (nSPS) is 27.7. The van der Waals surface area contributed by atoms with E-state index in [1.54, 1.807) is 0 Å². The number of halogens is 3. The van der Waals surface area contributed by atoms with Crippen LogP contribution in [0.25, 0.3) is 0 Å². The van der Waals surface area contributed by atoms with Crippen molar-refractivity contribution < 1.29 is 28.2 Å². The molecule has 1 aromatic rings. The zero-order valence-corrected chi connectivity index (χ0v) is 9.24. The van der Waals surface area contributed by atoms with Gasteiger partial charge in [0, 0.05) is 0 Å². The summed E-state index contributed by atoms with van der Waals surface area (Å²) in [5.74, 6) is -1.12. The summed E-state index contributed by atoms with van der Waals surface area (Å²) in [6, 6.07) is 4.07. The monoisotopic (exact) mass is 260 g/mol. The van der Waals surface area contributed by atoms with Crippen molar-refractivity contribution in [3.8, 4) is 0 Å². The lowest BCUT2D eigenvalue weighted by molar-refractivity contribution is -0.152. The summed E-state index contributed by atoms with van der Waals surface area (Å²) < 4.78 is 37.1. The number of aliphatic carboxylic acids is 1. The van der Waals surface area contributed by atoms with Crippen molar-refractivity contribution >= 4 is 5.97 Å². The minimum Gasteiger partial charge on any atom is -0.481 e. The van der Waals surface area contributed by atoms with Crippen LogP contribution in [0.2, 0.25) is 0 Å². The molecule has 1 aliphatic carbocycles. The van der Waals surface area contributed by atoms with E-state index in [-0.39, 0.29) is 12.8 Å². The molecule has 0 spiro atoms. The van der Waals surface area contributed by atoms with Gasteiger partial charge in [-0.25, -0.2) is 0 Å². The van der Waals surface area contributed by atoms with Gasteiger partial charge in [-0.15, -0.1) is 0 Å². The fourth-order valence-corrected chi connectivity index (χ4v) is 2.26. The second kappa shape index (κ2) is 3.98. The fraction of sp³-hybridized carbons (Fsp3) is 0.417. The van der Waals surface area contributed by atoms with Gasteiger partial charge in [0.25, 0.3) is 0 Å². The molecule has 1 fully saturated rings. The Labute approximate surface area is 101 Å². The van der Waals surface area contributed by atoms with E-state index < -0.39 is 29.2 Å². The molecule has 18 heavy (non-hydrogen) atoms. The number of aliphatic hydroxyl groups is 1. The Morgan fingerprint density at radius 3 is 2.06 bits per heavy atom. The van der Waals surface area contributed by atoms with Crippen LogP contribution in [0, 0.1) is 0 Å². The minimum atomic E-state index is -4.44. The topological polar surface area (TPSA) is 57.5 Å². The lowest BCUT2D eigenvalue weighted by Crippen LogP contribution is -2.50. The first kappa shape index (κ1) is 12.9. The SMILES string of the molecule is O=C(O)C1(c2ccc(C(F)(F)F)cc2)CC(O)C1. The summed E-state index contributed by atoms with van der Waals surface area (Å²) >= 11 is 0. The third-order valence-corrected chi connectivity index (χ3v) is 3.34. The molecule has 2 N–H and O–H groups in total. The summed E-state index contributed by atoms with van der Waals surface area (Å²) in [7, 11) is 0. The second-order valence-corrected chi connectivity index (χ2v) is 4.52. The molecule has 3 nitrogen and oxygen atoms in total. The van der Waals surface area contributed by atoms with E-state index in [2.05, 4.69) is 0 Å². The first-order valence-corrected chi connectivity index (χ1v) is 5.35. The number of rotatable bonds is 2. The largest absolute Gasteiger partial charge is 0.481 e. The zero-order valence-electron chi connectivity index (χ0n) is 9.24. The molecule has 0 radical (unpaired) electrons. The van der Waals surface area contributed by atoms with E-state index in [9.17, 15) is 23.1 Å². The van der Waals surface area contributed by atoms with Gasteiger partial charge in [0.05, 0.1) is 17.1 Å². The predicted molar refractivity (Wildman–Crippen MR) is 56.0 cm³/mol. The molecule has 1 aliphatic rings. The molecule has 0 aromatic heterocycles. The van der Waals surface area contributed by atoms with Crippen molar-refractivity contribution in [2.24, 2.45) is 0 Å². The van der Waals surface area contributed by atoms with Crippen molar-refractivity contribution in [1.82, 2.24) is 0 Å². The van der Waals surface area contributed by atoms with Gasteiger partial charge in [0.1, 0.15) is 0 Å². The molecule has 0 aliphatic heterocycles. The van der Waals surface area contributed by atoms with Gasteiger partial charge in [0.2, 0.25) is 0 Å². The van der Waals surface area contributed by atoms with E-state index in [0.29, 0.717) is 5.56 Å². The highest BCUT2D eigenvalue weighted by Gasteiger charge is 2.51. The van der Waals surface area contributed by atoms with Gasteiger partial charge in [-0.3, -0.25) is 4.79 Å². The van der Waals surface area contributed by atoms with Gasteiger partial charge in [-0.2, -0.15) is 13.2 Å². The van der Waals surface area contributed by atoms with Gasteiger partial charge in [0.15, 0.2) is 0 Å². The Morgan fingerprint density at radius 2 is 1.72 bits per heavy atom. The number of alkyl halides is 3. The Morgan fingerprint density at radius 1 is 1.22 bits per heavy atom. The minimum absolute atomic E-state index is 0.0354. The third kappa shape index (κ3) is 1.96. The van der Waals surface area contributed by atoms with Crippen LogP contribution in [0.1, 0.15) is 24.0 Å². The molecule has 0 unspecified atom stereocenters. The van der Waals surface area contributed by atoms with Crippen molar-refractivity contribution in [1.29, 1.82) is 0 Å². The highest BCUT2D eigenvalue weighted by atomic mass is 19.4. The highest BCUT2D eigenvalue weighted by molar-refractivity contribution is 5.83. The maximum Gasteiger partial charge on any atom is 0.416 e. The first-order valence-electron chi connectivity index (χ1n) is 5.35. The molecule has 1 saturated carbocycles. The van der Waals surface area contributed by atoms with E-state index in [1.807, 2.05) is 0 Å². The highest BCUT2D eigenvalue weighted by Crippen LogP contribution is 2.44. The number of hydrogen-bond acceptors (Lipinski definition) is 2. The summed E-state index contributed by atoms with van der Waals surface area (Å²) in [6.45, 7) is 0. The molecule has 0 heterocycles. The van der Waals surface area contributed by atoms with Crippen LogP contribution in [-0.4, -0.2) is 22.3 Å². The van der Waals surface area contributed by atoms with E-state index in [1.165, 1.54) is 12.1 Å². The van der Waals surface area contributed by atoms with Crippen LogP contribution in [0.3, 0.4) is 0 Å². The molecule has 1 aromatic carbocycles. The predicted octanol–water partition coefficient (Wildman–Crippen LogP) is 2.18. The van der Waals surface area contributed by atoms with Crippen LogP contribution in [0.5, 0.6) is 0 Å². The molecule has 6 heteroatoms. The molecule has 2 rings (SSSR count). The van der Waals surface area contributed by atoms with Crippen molar-refractivity contribution in [2.45, 2.75) is 30.5 Å². The quantitative estimate of drug-likeness (QED) is 0.856. The molecule has 98 valence electrons. The number of carboxylic acids is 1. The molecule has 0 atom stereocenters. The Balaban J connectivity index is 2.32. The number of carbonyl (C=O) groups is 1. The van der Waals surface area contributed by atoms with Crippen LogP contribution in [0.4, 0.5) is 13.2 Å². The number of aliphatic hydroxyl groups excluding tert-OH is 1. The smallest absolute Gasteiger partial charge is 0.416 e. The number of hydrogen-bond donors (Lipinski definition) is 2. The zero-order chi connectivity index (χ0) is 13.6. The molecular formula is C12H11F3O3. The number of benzene rings is 1. The van der Waals surface area contributed by atoms with Crippen LogP contribution in [0.15, 0.2) is 24.3 Å². The Kier molecular flexibility index (Phi) is 2.85. The van der Waals surface area contributed by atoms with E-state index >= 15 is 0 Å². The van der Waals surface area contributed by atoms with E-state index in [4.69, 9.17) is 5.11 Å². The summed E-state index contributed by atoms with van der Waals surface area (Å²) in [4.78, 5) is 11.2. The van der Waals surface area contributed by atoms with Gasteiger partial charge in [-0.1, -0.05) is 12.1 Å². The molecule has 0 bridgehead atoms. The van der Waals surface area contributed by atoms with Crippen molar-refractivity contribution in [3.05, 3.63) is 35.4 Å². The summed E-state index contributed by atoms with van der Waals surface area (Å²) in [5.41, 5.74) is -1.76. The average Bonchev–Trinajstić information content (AvgIpc) is 2.23. The van der Waals surface area contributed by atoms with Crippen molar-refractivity contribution in [2.75, 3.05) is 0 Å². The Bertz CT molecular complexity index is 458. The van der Waals surface area contributed by atoms with Gasteiger partial charge in [-0.05, 0) is 30.5 Å². The Hall–Kier alpha value is -1.56. The number of carboxylic acid groups (broad SMARTS) is 1. The summed E-state index contributed by atoms with van der Waals surface area (Å²) in [5, 5.41) is 18.4. The fourth-order valence-electron chi connectivity index (χ4n) is 2.26. The maximum atomic E-state index is 12.4. The lowest BCUT2D eigenvalue weighted by atomic mass is 9.62. The standard InChI is InChI=1S/C12H11F3O3/c13-12(14,15)8-3-1-7(2-4-8)11(10(17)18)5-9(16)6-11/h1-4,9,16H,5-6H2,(H,17,18). The van der Waals surface area contributed by atoms with Crippen LogP contribution >= 0.6 is 0 Å². The second-order valence-electron chi connectivity index (χ2n) is 4.52. The first-order chi connectivity index (χ1) is 8.25. The summed E-state index contributed by atoms with van der Waals surface area (Å²) in [6.07, 6.45) is -5.07. The van der Waals surface area contributed by atoms with Crippen molar-refractivity contribution in [3.63, 3.8) is 0 Å². The van der Waals surface area contributed by atoms with Crippen LogP contribution < -0.4 is 0 Å². The lowest BCUT2D eigenvalue weighted by Gasteiger charge is -2.42.